The van der Waals surface area contributed by atoms with Crippen molar-refractivity contribution in [3.05, 3.63) is 35.9 Å². The summed E-state index contributed by atoms with van der Waals surface area (Å²) in [5.41, 5.74) is 1.08. The number of carbonyl (C=O) groups is 1. The van der Waals surface area contributed by atoms with Gasteiger partial charge >= 0.3 is 5.97 Å². The first-order valence-corrected chi connectivity index (χ1v) is 5.21. The summed E-state index contributed by atoms with van der Waals surface area (Å²) in [5.74, 6) is -0.715. The van der Waals surface area contributed by atoms with E-state index in [1.165, 1.54) is 5.56 Å². The van der Waals surface area contributed by atoms with E-state index in [9.17, 15) is 4.79 Å². The fraction of sp³-hybridized carbons (Fsp3) is 0.417. The molecular formula is C12H15NO2. The highest BCUT2D eigenvalue weighted by Crippen LogP contribution is 2.38. The minimum Gasteiger partial charge on any atom is -0.481 e. The second kappa shape index (κ2) is 4.03. The standard InChI is InChI=1S/C12H15NO2/c14-11(15)8-12(6-7-12)13-9-10-4-2-1-3-5-10/h1-5,13H,6-9H2,(H,14,15). The number of aliphatic carboxylic acids is 1. The van der Waals surface area contributed by atoms with Gasteiger partial charge in [0.2, 0.25) is 0 Å². The Morgan fingerprint density at radius 2 is 2.00 bits per heavy atom. The lowest BCUT2D eigenvalue weighted by molar-refractivity contribution is -0.137. The van der Waals surface area contributed by atoms with E-state index in [2.05, 4.69) is 5.32 Å². The van der Waals surface area contributed by atoms with E-state index in [4.69, 9.17) is 5.11 Å². The fourth-order valence-electron chi connectivity index (χ4n) is 1.74. The molecule has 80 valence electrons. The molecular weight excluding hydrogens is 190 g/mol. The molecule has 0 spiro atoms. The zero-order chi connectivity index (χ0) is 10.7. The second-order valence-corrected chi connectivity index (χ2v) is 4.19. The summed E-state index contributed by atoms with van der Waals surface area (Å²) in [6.07, 6.45) is 2.19. The Hall–Kier alpha value is -1.35. The molecule has 0 radical (unpaired) electrons. The summed E-state index contributed by atoms with van der Waals surface area (Å²) < 4.78 is 0. The van der Waals surface area contributed by atoms with Crippen LogP contribution >= 0.6 is 0 Å². The van der Waals surface area contributed by atoms with Gasteiger partial charge in [-0.3, -0.25) is 4.79 Å². The number of carboxylic acid groups (broad SMARTS) is 1. The molecule has 2 N–H and O–H groups in total. The zero-order valence-corrected chi connectivity index (χ0v) is 8.57. The zero-order valence-electron chi connectivity index (χ0n) is 8.57. The first-order chi connectivity index (χ1) is 7.20. The lowest BCUT2D eigenvalue weighted by atomic mass is 10.1. The van der Waals surface area contributed by atoms with E-state index in [1.807, 2.05) is 30.3 Å². The van der Waals surface area contributed by atoms with Gasteiger partial charge in [-0.05, 0) is 18.4 Å². The van der Waals surface area contributed by atoms with Crippen LogP contribution in [0.15, 0.2) is 30.3 Å². The highest BCUT2D eigenvalue weighted by Gasteiger charge is 2.43. The van der Waals surface area contributed by atoms with E-state index >= 15 is 0 Å². The molecule has 1 aliphatic carbocycles. The van der Waals surface area contributed by atoms with Crippen LogP contribution in [0.25, 0.3) is 0 Å². The third-order valence-corrected chi connectivity index (χ3v) is 2.85. The van der Waals surface area contributed by atoms with Crippen molar-refractivity contribution in [2.75, 3.05) is 0 Å². The number of carboxylic acids is 1. The maximum Gasteiger partial charge on any atom is 0.305 e. The van der Waals surface area contributed by atoms with Gasteiger partial charge in [0.25, 0.3) is 0 Å². The van der Waals surface area contributed by atoms with Crippen LogP contribution in [0.4, 0.5) is 0 Å². The SMILES string of the molecule is O=C(O)CC1(NCc2ccccc2)CC1. The van der Waals surface area contributed by atoms with Gasteiger partial charge in [-0.1, -0.05) is 30.3 Å². The maximum atomic E-state index is 10.6. The van der Waals surface area contributed by atoms with Crippen LogP contribution < -0.4 is 5.32 Å². The van der Waals surface area contributed by atoms with Gasteiger partial charge in [0.05, 0.1) is 6.42 Å². The van der Waals surface area contributed by atoms with Crippen molar-refractivity contribution in [3.63, 3.8) is 0 Å². The van der Waals surface area contributed by atoms with Crippen molar-refractivity contribution in [3.8, 4) is 0 Å². The predicted molar refractivity (Wildman–Crippen MR) is 57.5 cm³/mol. The van der Waals surface area contributed by atoms with E-state index in [1.54, 1.807) is 0 Å². The molecule has 0 amide bonds. The van der Waals surface area contributed by atoms with Crippen LogP contribution in [0.1, 0.15) is 24.8 Å². The largest absolute Gasteiger partial charge is 0.481 e. The Kier molecular flexibility index (Phi) is 2.73. The number of benzene rings is 1. The van der Waals surface area contributed by atoms with Crippen LogP contribution in [-0.2, 0) is 11.3 Å². The molecule has 3 heteroatoms. The summed E-state index contributed by atoms with van der Waals surface area (Å²) in [5, 5.41) is 12.1. The lowest BCUT2D eigenvalue weighted by Crippen LogP contribution is -2.33. The van der Waals surface area contributed by atoms with Crippen molar-refractivity contribution in [1.82, 2.24) is 5.32 Å². The van der Waals surface area contributed by atoms with Crippen LogP contribution in [0.5, 0.6) is 0 Å². The Labute approximate surface area is 89.1 Å². The number of rotatable bonds is 5. The van der Waals surface area contributed by atoms with Gasteiger partial charge < -0.3 is 10.4 Å². The fourth-order valence-corrected chi connectivity index (χ4v) is 1.74. The Morgan fingerprint density at radius 3 is 2.53 bits per heavy atom. The van der Waals surface area contributed by atoms with Crippen molar-refractivity contribution in [1.29, 1.82) is 0 Å². The molecule has 1 aliphatic rings. The number of hydrogen-bond donors (Lipinski definition) is 2. The molecule has 1 fully saturated rings. The quantitative estimate of drug-likeness (QED) is 0.770. The average molecular weight is 205 g/mol. The first-order valence-electron chi connectivity index (χ1n) is 5.21. The summed E-state index contributed by atoms with van der Waals surface area (Å²) in [6.45, 7) is 0.758. The van der Waals surface area contributed by atoms with E-state index in [0.29, 0.717) is 0 Å². The topological polar surface area (TPSA) is 49.3 Å². The summed E-state index contributed by atoms with van der Waals surface area (Å²) >= 11 is 0. The summed E-state index contributed by atoms with van der Waals surface area (Å²) in [6, 6.07) is 10.1. The molecule has 3 nitrogen and oxygen atoms in total. The molecule has 0 saturated heterocycles. The molecule has 0 atom stereocenters. The highest BCUT2D eigenvalue weighted by atomic mass is 16.4. The van der Waals surface area contributed by atoms with E-state index in [-0.39, 0.29) is 12.0 Å². The van der Waals surface area contributed by atoms with Crippen LogP contribution in [0.2, 0.25) is 0 Å². The first kappa shape index (κ1) is 10.2. The molecule has 15 heavy (non-hydrogen) atoms. The average Bonchev–Trinajstić information content (AvgIpc) is 2.96. The van der Waals surface area contributed by atoms with Crippen molar-refractivity contribution in [2.24, 2.45) is 0 Å². The van der Waals surface area contributed by atoms with Gasteiger partial charge in [-0.25, -0.2) is 0 Å². The number of hydrogen-bond acceptors (Lipinski definition) is 2. The van der Waals surface area contributed by atoms with Crippen molar-refractivity contribution in [2.45, 2.75) is 31.3 Å². The van der Waals surface area contributed by atoms with Gasteiger partial charge in [-0.15, -0.1) is 0 Å². The number of nitrogens with one attached hydrogen (secondary N) is 1. The van der Waals surface area contributed by atoms with Gasteiger partial charge in [0, 0.05) is 12.1 Å². The van der Waals surface area contributed by atoms with E-state index in [0.717, 1.165) is 19.4 Å². The maximum absolute atomic E-state index is 10.6. The molecule has 2 rings (SSSR count). The van der Waals surface area contributed by atoms with Crippen molar-refractivity contribution >= 4 is 5.97 Å². The third kappa shape index (κ3) is 2.80. The second-order valence-electron chi connectivity index (χ2n) is 4.19. The Morgan fingerprint density at radius 1 is 1.33 bits per heavy atom. The third-order valence-electron chi connectivity index (χ3n) is 2.85. The van der Waals surface area contributed by atoms with Crippen LogP contribution in [-0.4, -0.2) is 16.6 Å². The summed E-state index contributed by atoms with van der Waals surface area (Å²) in [4.78, 5) is 10.6. The molecule has 0 aliphatic heterocycles. The molecule has 0 unspecified atom stereocenters. The lowest BCUT2D eigenvalue weighted by Gasteiger charge is -2.14. The Bertz CT molecular complexity index is 344. The van der Waals surface area contributed by atoms with Gasteiger partial charge in [0.1, 0.15) is 0 Å². The molecule has 0 aromatic heterocycles. The highest BCUT2D eigenvalue weighted by molar-refractivity contribution is 5.69. The van der Waals surface area contributed by atoms with Crippen LogP contribution in [0.3, 0.4) is 0 Å². The molecule has 1 saturated carbocycles. The molecule has 0 heterocycles. The van der Waals surface area contributed by atoms with Crippen LogP contribution in [0, 0.1) is 0 Å². The predicted octanol–water partition coefficient (Wildman–Crippen LogP) is 1.78. The monoisotopic (exact) mass is 205 g/mol. The normalized spacial score (nSPS) is 17.3. The minimum atomic E-state index is -0.715. The molecule has 0 bridgehead atoms. The smallest absolute Gasteiger partial charge is 0.305 e. The molecule has 1 aromatic rings. The van der Waals surface area contributed by atoms with Crippen molar-refractivity contribution < 1.29 is 9.90 Å². The van der Waals surface area contributed by atoms with E-state index < -0.39 is 5.97 Å². The molecule has 1 aromatic carbocycles. The van der Waals surface area contributed by atoms with Gasteiger partial charge in [-0.2, -0.15) is 0 Å². The summed E-state index contributed by atoms with van der Waals surface area (Å²) in [7, 11) is 0. The minimum absolute atomic E-state index is 0.123. The Balaban J connectivity index is 1.86. The van der Waals surface area contributed by atoms with Gasteiger partial charge in [0.15, 0.2) is 0 Å².